The van der Waals surface area contributed by atoms with Gasteiger partial charge >= 0.3 is 0 Å². The van der Waals surface area contributed by atoms with E-state index in [0.29, 0.717) is 25.2 Å². The third kappa shape index (κ3) is 3.30. The van der Waals surface area contributed by atoms with Gasteiger partial charge in [0.1, 0.15) is 6.54 Å². The molecule has 6 heteroatoms. The highest BCUT2D eigenvalue weighted by Crippen LogP contribution is 1.96. The number of rotatable bonds is 6. The summed E-state index contributed by atoms with van der Waals surface area (Å²) in [5.41, 5.74) is 0.704. The van der Waals surface area contributed by atoms with Crippen molar-refractivity contribution in [3.05, 3.63) is 11.9 Å². The van der Waals surface area contributed by atoms with Crippen LogP contribution in [0.3, 0.4) is 0 Å². The van der Waals surface area contributed by atoms with Gasteiger partial charge in [-0.25, -0.2) is 4.68 Å². The number of nitrogens with zero attached hydrogens (tertiary/aromatic N) is 4. The van der Waals surface area contributed by atoms with Crippen molar-refractivity contribution in [1.29, 1.82) is 0 Å². The number of hydrogen-bond acceptors (Lipinski definition) is 4. The second-order valence-electron chi connectivity index (χ2n) is 3.45. The fourth-order valence-electron chi connectivity index (χ4n) is 1.46. The van der Waals surface area contributed by atoms with Crippen LogP contribution >= 0.6 is 0 Å². The number of hydrogen-bond donors (Lipinski definition) is 1. The van der Waals surface area contributed by atoms with E-state index in [4.69, 9.17) is 5.11 Å². The lowest BCUT2D eigenvalue weighted by Gasteiger charge is -2.17. The summed E-state index contributed by atoms with van der Waals surface area (Å²) in [5, 5.41) is 16.4. The minimum atomic E-state index is 0.0328. The molecule has 1 heterocycles. The van der Waals surface area contributed by atoms with E-state index in [1.807, 2.05) is 13.8 Å². The molecule has 90 valence electrons. The van der Waals surface area contributed by atoms with E-state index in [1.165, 1.54) is 4.68 Å². The minimum Gasteiger partial charge on any atom is -0.396 e. The second-order valence-corrected chi connectivity index (χ2v) is 3.45. The van der Waals surface area contributed by atoms with Crippen LogP contribution in [-0.4, -0.2) is 50.6 Å². The van der Waals surface area contributed by atoms with E-state index < -0.39 is 0 Å². The Labute approximate surface area is 94.9 Å². The van der Waals surface area contributed by atoms with Gasteiger partial charge in [0.05, 0.1) is 5.69 Å². The van der Waals surface area contributed by atoms with Gasteiger partial charge in [-0.15, -0.1) is 5.10 Å². The Bertz CT molecular complexity index is 333. The van der Waals surface area contributed by atoms with Gasteiger partial charge in [0, 0.05) is 32.3 Å². The summed E-state index contributed by atoms with van der Waals surface area (Å²) >= 11 is 0. The predicted molar refractivity (Wildman–Crippen MR) is 58.7 cm³/mol. The zero-order chi connectivity index (χ0) is 12.0. The average molecular weight is 226 g/mol. The first-order valence-corrected chi connectivity index (χ1v) is 5.48. The van der Waals surface area contributed by atoms with Crippen LogP contribution in [0.25, 0.3) is 0 Å². The molecule has 0 fully saturated rings. The SMILES string of the molecule is CCN(CC)C(=O)Cn1cc(CCO)nn1. The highest BCUT2D eigenvalue weighted by Gasteiger charge is 2.11. The summed E-state index contributed by atoms with van der Waals surface area (Å²) in [6, 6.07) is 0. The topological polar surface area (TPSA) is 71.2 Å². The molecule has 0 aliphatic rings. The maximum absolute atomic E-state index is 11.7. The van der Waals surface area contributed by atoms with E-state index in [-0.39, 0.29) is 19.1 Å². The molecule has 0 aliphatic carbocycles. The molecule has 6 nitrogen and oxygen atoms in total. The van der Waals surface area contributed by atoms with Crippen LogP contribution in [0.15, 0.2) is 6.20 Å². The molecule has 0 saturated heterocycles. The van der Waals surface area contributed by atoms with Gasteiger partial charge in [0.25, 0.3) is 0 Å². The van der Waals surface area contributed by atoms with Gasteiger partial charge in [-0.1, -0.05) is 5.21 Å². The summed E-state index contributed by atoms with van der Waals surface area (Å²) in [4.78, 5) is 13.5. The number of carbonyl (C=O) groups excluding carboxylic acids is 1. The Balaban J connectivity index is 2.55. The first kappa shape index (κ1) is 12.6. The summed E-state index contributed by atoms with van der Waals surface area (Å²) in [5.74, 6) is 0.0328. The molecule has 0 aromatic carbocycles. The third-order valence-corrected chi connectivity index (χ3v) is 2.37. The average Bonchev–Trinajstić information content (AvgIpc) is 2.68. The van der Waals surface area contributed by atoms with Gasteiger partial charge in [-0.2, -0.15) is 0 Å². The molecular formula is C10H18N4O2. The fraction of sp³-hybridized carbons (Fsp3) is 0.700. The molecular weight excluding hydrogens is 208 g/mol. The minimum absolute atomic E-state index is 0.0328. The number of aromatic nitrogens is 3. The molecule has 0 unspecified atom stereocenters. The summed E-state index contributed by atoms with van der Waals surface area (Å²) in [7, 11) is 0. The maximum Gasteiger partial charge on any atom is 0.244 e. The molecule has 0 aliphatic heterocycles. The normalized spacial score (nSPS) is 10.4. The van der Waals surface area contributed by atoms with Gasteiger partial charge in [0.15, 0.2) is 0 Å². The molecule has 1 rings (SSSR count). The number of aliphatic hydroxyl groups excluding tert-OH is 1. The van der Waals surface area contributed by atoms with E-state index in [9.17, 15) is 4.79 Å². The van der Waals surface area contributed by atoms with Crippen molar-refractivity contribution in [2.45, 2.75) is 26.8 Å². The molecule has 16 heavy (non-hydrogen) atoms. The van der Waals surface area contributed by atoms with Crippen molar-refractivity contribution in [1.82, 2.24) is 19.9 Å². The molecule has 0 bridgehead atoms. The van der Waals surface area contributed by atoms with Gasteiger partial charge in [0.2, 0.25) is 5.91 Å². The van der Waals surface area contributed by atoms with Crippen LogP contribution in [-0.2, 0) is 17.8 Å². The van der Waals surface area contributed by atoms with Gasteiger partial charge < -0.3 is 10.0 Å². The van der Waals surface area contributed by atoms with Crippen molar-refractivity contribution in [3.8, 4) is 0 Å². The Morgan fingerprint density at radius 1 is 1.50 bits per heavy atom. The Morgan fingerprint density at radius 2 is 2.19 bits per heavy atom. The number of amides is 1. The van der Waals surface area contributed by atoms with Gasteiger partial charge in [-0.05, 0) is 13.8 Å². The van der Waals surface area contributed by atoms with Crippen molar-refractivity contribution in [2.75, 3.05) is 19.7 Å². The molecule has 0 saturated carbocycles. The van der Waals surface area contributed by atoms with E-state index >= 15 is 0 Å². The zero-order valence-electron chi connectivity index (χ0n) is 9.76. The first-order chi connectivity index (χ1) is 7.71. The van der Waals surface area contributed by atoms with Gasteiger partial charge in [-0.3, -0.25) is 4.79 Å². The highest BCUT2D eigenvalue weighted by molar-refractivity contribution is 5.75. The lowest BCUT2D eigenvalue weighted by Crippen LogP contribution is -2.33. The quantitative estimate of drug-likeness (QED) is 0.721. The van der Waals surface area contributed by atoms with Crippen molar-refractivity contribution >= 4 is 5.91 Å². The van der Waals surface area contributed by atoms with Crippen LogP contribution in [0.1, 0.15) is 19.5 Å². The van der Waals surface area contributed by atoms with Crippen LogP contribution < -0.4 is 0 Å². The first-order valence-electron chi connectivity index (χ1n) is 5.48. The Hall–Kier alpha value is -1.43. The van der Waals surface area contributed by atoms with Crippen LogP contribution in [0, 0.1) is 0 Å². The monoisotopic (exact) mass is 226 g/mol. The molecule has 0 spiro atoms. The van der Waals surface area contributed by atoms with Crippen LogP contribution in [0.2, 0.25) is 0 Å². The summed E-state index contributed by atoms with van der Waals surface area (Å²) in [6.45, 7) is 5.55. The predicted octanol–water partition coefficient (Wildman–Crippen LogP) is -0.319. The fourth-order valence-corrected chi connectivity index (χ4v) is 1.46. The number of aliphatic hydroxyl groups is 1. The van der Waals surface area contributed by atoms with Crippen molar-refractivity contribution < 1.29 is 9.90 Å². The largest absolute Gasteiger partial charge is 0.396 e. The van der Waals surface area contributed by atoms with E-state index in [1.54, 1.807) is 11.1 Å². The Kier molecular flexibility index (Phi) is 4.91. The smallest absolute Gasteiger partial charge is 0.244 e. The summed E-state index contributed by atoms with van der Waals surface area (Å²) < 4.78 is 1.51. The number of likely N-dealkylation sites (N-methyl/N-ethyl adjacent to an activating group) is 1. The van der Waals surface area contributed by atoms with Crippen LogP contribution in [0.4, 0.5) is 0 Å². The third-order valence-electron chi connectivity index (χ3n) is 2.37. The van der Waals surface area contributed by atoms with Crippen molar-refractivity contribution in [2.24, 2.45) is 0 Å². The molecule has 0 radical (unpaired) electrons. The molecule has 1 amide bonds. The van der Waals surface area contributed by atoms with Crippen molar-refractivity contribution in [3.63, 3.8) is 0 Å². The summed E-state index contributed by atoms with van der Waals surface area (Å²) in [6.07, 6.45) is 2.16. The molecule has 1 aromatic rings. The second kappa shape index (κ2) is 6.22. The maximum atomic E-state index is 11.7. The molecule has 0 atom stereocenters. The van der Waals surface area contributed by atoms with E-state index in [0.717, 1.165) is 0 Å². The molecule has 1 N–H and O–H groups in total. The lowest BCUT2D eigenvalue weighted by molar-refractivity contribution is -0.131. The lowest BCUT2D eigenvalue weighted by atomic mass is 10.3. The Morgan fingerprint density at radius 3 is 2.75 bits per heavy atom. The van der Waals surface area contributed by atoms with E-state index in [2.05, 4.69) is 10.3 Å². The zero-order valence-corrected chi connectivity index (χ0v) is 9.76. The highest BCUT2D eigenvalue weighted by atomic mass is 16.3. The van der Waals surface area contributed by atoms with Crippen LogP contribution in [0.5, 0.6) is 0 Å². The number of carbonyl (C=O) groups is 1. The molecule has 1 aromatic heterocycles. The standard InChI is InChI=1S/C10H18N4O2/c1-3-13(4-2)10(16)8-14-7-9(5-6-15)11-12-14/h7,15H,3-6,8H2,1-2H3.